The minimum absolute atomic E-state index is 0.976. The van der Waals surface area contributed by atoms with Crippen LogP contribution in [0.15, 0.2) is 12.7 Å². The molecule has 1 heteroatoms. The van der Waals surface area contributed by atoms with Gasteiger partial charge in [0.05, 0.1) is 27.7 Å². The monoisotopic (exact) mass is 101 g/mol. The van der Waals surface area contributed by atoms with Crippen molar-refractivity contribution in [1.29, 1.82) is 0 Å². The van der Waals surface area contributed by atoms with Crippen molar-refractivity contribution in [3.63, 3.8) is 0 Å². The second-order valence-corrected chi connectivity index (χ2v) is 2.76. The van der Waals surface area contributed by atoms with Gasteiger partial charge in [-0.2, -0.15) is 0 Å². The number of likely N-dealkylation sites (N-methyl/N-ethyl adjacent to an activating group) is 1. The van der Waals surface area contributed by atoms with Gasteiger partial charge >= 0.3 is 0 Å². The van der Waals surface area contributed by atoms with E-state index in [1.165, 1.54) is 0 Å². The van der Waals surface area contributed by atoms with Crippen LogP contribution in [0, 0.1) is 0 Å². The van der Waals surface area contributed by atoms with Gasteiger partial charge < -0.3 is 4.48 Å². The van der Waals surface area contributed by atoms with Crippen molar-refractivity contribution >= 4 is 0 Å². The molecule has 0 aliphatic heterocycles. The third-order valence-electron chi connectivity index (χ3n) is 0.677. The normalized spacial score (nSPS) is 11.3. The van der Waals surface area contributed by atoms with Crippen LogP contribution in [0.3, 0.4) is 0 Å². The Balaban J connectivity index is 3.34. The highest BCUT2D eigenvalue weighted by atomic mass is 16.0. The highest BCUT2D eigenvalue weighted by molar-refractivity contribution is 4.63. The Hall–Kier alpha value is -0.300. The van der Waals surface area contributed by atoms with Crippen LogP contribution < -0.4 is 0 Å². The standard InChI is InChI=1S/C6H14N/c1-5-6-7(2,3)4/h5H,1,6H2,2-4H3/q+1/i7+1. The number of rotatable bonds is 2. The lowest BCUT2D eigenvalue weighted by atomic mass is 10.6. The van der Waals surface area contributed by atoms with Gasteiger partial charge in [0.25, 0.3) is 0 Å². The van der Waals surface area contributed by atoms with E-state index >= 15 is 0 Å². The fourth-order valence-electron chi connectivity index (χ4n) is 0.387. The zero-order chi connectivity index (χ0) is 5.91. The molecule has 0 bridgehead atoms. The molecule has 0 spiro atoms. The molecule has 0 amide bonds. The maximum atomic E-state index is 3.63. The minimum atomic E-state index is 0.976. The number of nitrogens with zero attached hydrogens (tertiary/aromatic N) is 1. The molecule has 7 heavy (non-hydrogen) atoms. The number of hydrogen-bond acceptors (Lipinski definition) is 0. The molecule has 0 N–H and O–H groups in total. The van der Waals surface area contributed by atoms with Gasteiger partial charge in [-0.1, -0.05) is 6.58 Å². The molecular formula is C6H14N+. The van der Waals surface area contributed by atoms with Crippen LogP contribution in [0.5, 0.6) is 0 Å². The number of quaternary nitrogens is 1. The van der Waals surface area contributed by atoms with E-state index < -0.39 is 0 Å². The second kappa shape index (κ2) is 2.12. The lowest BCUT2D eigenvalue weighted by Gasteiger charge is -2.21. The first-order chi connectivity index (χ1) is 3.06. The van der Waals surface area contributed by atoms with Gasteiger partial charge in [0.15, 0.2) is 0 Å². The third-order valence-corrected chi connectivity index (χ3v) is 0.677. The first kappa shape index (κ1) is 6.70. The summed E-state index contributed by atoms with van der Waals surface area (Å²) in [5.41, 5.74) is 0. The average Bonchev–Trinajstić information content (AvgIpc) is 1.30. The smallest absolute Gasteiger partial charge is 0.0964 e. The minimum Gasteiger partial charge on any atom is -0.328 e. The summed E-state index contributed by atoms with van der Waals surface area (Å²) in [5, 5.41) is 0. The van der Waals surface area contributed by atoms with E-state index in [4.69, 9.17) is 0 Å². The van der Waals surface area contributed by atoms with E-state index in [-0.39, 0.29) is 0 Å². The zero-order valence-electron chi connectivity index (χ0n) is 5.44. The Morgan fingerprint density at radius 2 is 1.86 bits per heavy atom. The van der Waals surface area contributed by atoms with Crippen molar-refractivity contribution < 1.29 is 4.48 Å². The molecule has 0 rings (SSSR count). The van der Waals surface area contributed by atoms with Gasteiger partial charge in [-0.05, 0) is 6.08 Å². The molecule has 42 valence electrons. The molecule has 0 aliphatic rings. The first-order valence-electron chi connectivity index (χ1n) is 2.47. The summed E-state index contributed by atoms with van der Waals surface area (Å²) in [6.45, 7) is 4.67. The molecule has 0 aliphatic carbocycles. The predicted molar refractivity (Wildman–Crippen MR) is 33.1 cm³/mol. The topological polar surface area (TPSA) is 0 Å². The molecule has 0 aromatic heterocycles. The van der Waals surface area contributed by atoms with Crippen molar-refractivity contribution in [1.82, 2.24) is 0 Å². The van der Waals surface area contributed by atoms with Crippen LogP contribution in [0.1, 0.15) is 0 Å². The van der Waals surface area contributed by atoms with E-state index in [2.05, 4.69) is 27.7 Å². The molecule has 0 unspecified atom stereocenters. The molecular weight excluding hydrogens is 87.1 g/mol. The fraction of sp³-hybridized carbons (Fsp3) is 0.667. The van der Waals surface area contributed by atoms with E-state index in [0.29, 0.717) is 0 Å². The molecule has 0 atom stereocenters. The summed E-state index contributed by atoms with van der Waals surface area (Å²) in [4.78, 5) is 0. The molecule has 0 fully saturated rings. The van der Waals surface area contributed by atoms with E-state index in [1.54, 1.807) is 0 Å². The zero-order valence-corrected chi connectivity index (χ0v) is 5.44. The Kier molecular flexibility index (Phi) is 2.03. The third kappa shape index (κ3) is 5.70. The van der Waals surface area contributed by atoms with Gasteiger partial charge in [-0.3, -0.25) is 0 Å². The van der Waals surface area contributed by atoms with E-state index in [1.807, 2.05) is 6.08 Å². The van der Waals surface area contributed by atoms with E-state index in [9.17, 15) is 0 Å². The SMILES string of the molecule is C=CC[15N+](C)(C)C. The molecule has 0 aromatic carbocycles. The summed E-state index contributed by atoms with van der Waals surface area (Å²) < 4.78 is 0.976. The Morgan fingerprint density at radius 3 is 1.86 bits per heavy atom. The van der Waals surface area contributed by atoms with Crippen molar-refractivity contribution in [3.05, 3.63) is 12.7 Å². The molecule has 1 nitrogen and oxygen atoms in total. The van der Waals surface area contributed by atoms with Crippen molar-refractivity contribution in [2.45, 2.75) is 0 Å². The quantitative estimate of drug-likeness (QED) is 0.275. The number of hydrogen-bond donors (Lipinski definition) is 0. The summed E-state index contributed by atoms with van der Waals surface area (Å²) in [5.74, 6) is 0. The average molecular weight is 101 g/mol. The fourth-order valence-corrected chi connectivity index (χ4v) is 0.387. The van der Waals surface area contributed by atoms with E-state index in [0.717, 1.165) is 11.0 Å². The molecule has 0 radical (unpaired) electrons. The van der Waals surface area contributed by atoms with Gasteiger partial charge in [0.1, 0.15) is 0 Å². The summed E-state index contributed by atoms with van der Waals surface area (Å²) >= 11 is 0. The Labute approximate surface area is 45.8 Å². The Morgan fingerprint density at radius 1 is 1.43 bits per heavy atom. The Bertz CT molecular complexity index is 59.1. The summed E-state index contributed by atoms with van der Waals surface area (Å²) in [6, 6.07) is 0. The first-order valence-corrected chi connectivity index (χ1v) is 2.47. The maximum Gasteiger partial charge on any atom is 0.0964 e. The van der Waals surface area contributed by atoms with Gasteiger partial charge in [-0.25, -0.2) is 0 Å². The lowest BCUT2D eigenvalue weighted by molar-refractivity contribution is -0.864. The van der Waals surface area contributed by atoms with Crippen LogP contribution >= 0.6 is 0 Å². The van der Waals surface area contributed by atoms with Crippen LogP contribution in [0.25, 0.3) is 0 Å². The van der Waals surface area contributed by atoms with Crippen molar-refractivity contribution in [2.24, 2.45) is 0 Å². The van der Waals surface area contributed by atoms with Crippen LogP contribution in [0.2, 0.25) is 0 Å². The summed E-state index contributed by atoms with van der Waals surface area (Å²) in [7, 11) is 6.42. The van der Waals surface area contributed by atoms with Crippen LogP contribution in [-0.2, 0) is 0 Å². The largest absolute Gasteiger partial charge is 0.328 e. The van der Waals surface area contributed by atoms with Crippen molar-refractivity contribution in [2.75, 3.05) is 27.7 Å². The highest BCUT2D eigenvalue weighted by Crippen LogP contribution is 1.86. The highest BCUT2D eigenvalue weighted by Gasteiger charge is 1.99. The molecule has 0 heterocycles. The van der Waals surface area contributed by atoms with Crippen LogP contribution in [0.4, 0.5) is 0 Å². The summed E-state index contributed by atoms with van der Waals surface area (Å²) in [6.07, 6.45) is 1.93. The second-order valence-electron chi connectivity index (χ2n) is 2.76. The molecule has 0 saturated heterocycles. The predicted octanol–water partition coefficient (Wildman–Crippen LogP) is 0.879. The van der Waals surface area contributed by atoms with Gasteiger partial charge in [0.2, 0.25) is 0 Å². The van der Waals surface area contributed by atoms with Gasteiger partial charge in [-0.15, -0.1) is 0 Å². The van der Waals surface area contributed by atoms with Gasteiger partial charge in [0, 0.05) is 0 Å². The van der Waals surface area contributed by atoms with Crippen molar-refractivity contribution in [3.8, 4) is 0 Å². The van der Waals surface area contributed by atoms with Crippen LogP contribution in [-0.4, -0.2) is 32.2 Å². The lowest BCUT2D eigenvalue weighted by Crippen LogP contribution is -2.33. The maximum absolute atomic E-state index is 3.63. The molecule has 0 saturated carbocycles. The molecule has 0 aromatic rings.